The van der Waals surface area contributed by atoms with Gasteiger partial charge in [0.25, 0.3) is 0 Å². The van der Waals surface area contributed by atoms with E-state index < -0.39 is 0 Å². The van der Waals surface area contributed by atoms with Crippen LogP contribution < -0.4 is 0 Å². The fourth-order valence-electron chi connectivity index (χ4n) is 1.90. The predicted molar refractivity (Wildman–Crippen MR) is 93.7 cm³/mol. The first-order valence-corrected chi connectivity index (χ1v) is 9.42. The van der Waals surface area contributed by atoms with E-state index in [0.29, 0.717) is 16.5 Å². The molecule has 0 bridgehead atoms. The molecular weight excluding hydrogens is 398 g/mol. The molecule has 2 aromatic heterocycles. The van der Waals surface area contributed by atoms with E-state index in [-0.39, 0.29) is 12.1 Å². The maximum Gasteiger partial charge on any atom is 0.340 e. The first-order chi connectivity index (χ1) is 11.2. The summed E-state index contributed by atoms with van der Waals surface area (Å²) < 4.78 is 6.47. The average molecular weight is 410 g/mol. The molecule has 0 aliphatic rings. The zero-order valence-electron chi connectivity index (χ0n) is 11.8. The molecule has 1 unspecified atom stereocenters. The van der Waals surface area contributed by atoms with Crippen molar-refractivity contribution >= 4 is 45.0 Å². The third kappa shape index (κ3) is 4.21. The highest BCUT2D eigenvalue weighted by atomic mass is 79.9. The number of hydrogen-bond donors (Lipinski definition) is 1. The molecule has 0 aliphatic carbocycles. The number of carbonyl (C=O) groups excluding carboxylic acids is 1. The van der Waals surface area contributed by atoms with Crippen molar-refractivity contribution in [2.75, 3.05) is 5.75 Å². The molecule has 0 saturated heterocycles. The van der Waals surface area contributed by atoms with Crippen molar-refractivity contribution in [3.05, 3.63) is 63.0 Å². The molecule has 3 rings (SSSR count). The largest absolute Gasteiger partial charge is 0.453 e. The van der Waals surface area contributed by atoms with Crippen molar-refractivity contribution < 1.29 is 9.53 Å². The summed E-state index contributed by atoms with van der Waals surface area (Å²) in [7, 11) is 0. The van der Waals surface area contributed by atoms with Gasteiger partial charge in [-0.3, -0.25) is 5.10 Å². The highest BCUT2D eigenvalue weighted by Gasteiger charge is 2.21. The lowest BCUT2D eigenvalue weighted by molar-refractivity contribution is 0.0347. The fraction of sp³-hybridized carbons (Fsp3) is 0.133. The van der Waals surface area contributed by atoms with E-state index in [1.54, 1.807) is 5.38 Å². The standard InChI is InChI=1S/C15H12BrN3O2S2/c16-12-7-22-6-11(12)14(20)21-13(10-4-2-1-3-5-10)8-23-15-17-9-18-19-15/h1-7,9,13H,8H2,(H,17,18,19). The van der Waals surface area contributed by atoms with Gasteiger partial charge in [-0.15, -0.1) is 0 Å². The number of rotatable bonds is 6. The second-order valence-corrected chi connectivity index (χ2v) is 7.15. The molecule has 0 radical (unpaired) electrons. The summed E-state index contributed by atoms with van der Waals surface area (Å²) >= 11 is 6.28. The lowest BCUT2D eigenvalue weighted by Gasteiger charge is -2.17. The lowest BCUT2D eigenvalue weighted by atomic mass is 10.1. The average Bonchev–Trinajstić information content (AvgIpc) is 3.23. The Labute approximate surface area is 149 Å². The van der Waals surface area contributed by atoms with E-state index in [0.717, 1.165) is 10.0 Å². The molecule has 2 heterocycles. The Morgan fingerprint density at radius 1 is 1.35 bits per heavy atom. The normalized spacial score (nSPS) is 12.0. The van der Waals surface area contributed by atoms with Gasteiger partial charge >= 0.3 is 5.97 Å². The van der Waals surface area contributed by atoms with Crippen LogP contribution >= 0.6 is 39.0 Å². The van der Waals surface area contributed by atoms with E-state index in [2.05, 4.69) is 31.1 Å². The molecule has 5 nitrogen and oxygen atoms in total. The molecule has 0 spiro atoms. The Morgan fingerprint density at radius 3 is 2.83 bits per heavy atom. The fourth-order valence-corrected chi connectivity index (χ4v) is 4.14. The number of H-pyrrole nitrogens is 1. The number of nitrogens with one attached hydrogen (secondary N) is 1. The summed E-state index contributed by atoms with van der Waals surface area (Å²) in [6.07, 6.45) is 1.08. The van der Waals surface area contributed by atoms with Crippen molar-refractivity contribution in [3.63, 3.8) is 0 Å². The number of aromatic nitrogens is 3. The minimum atomic E-state index is -0.370. The predicted octanol–water partition coefficient (Wildman–Crippen LogP) is 4.32. The van der Waals surface area contributed by atoms with Gasteiger partial charge < -0.3 is 4.74 Å². The van der Waals surface area contributed by atoms with Gasteiger partial charge in [-0.25, -0.2) is 9.78 Å². The first-order valence-electron chi connectivity index (χ1n) is 6.70. The Hall–Kier alpha value is -1.64. The number of ether oxygens (including phenoxy) is 1. The first kappa shape index (κ1) is 16.2. The summed E-state index contributed by atoms with van der Waals surface area (Å²) in [6, 6.07) is 9.68. The van der Waals surface area contributed by atoms with Crippen LogP contribution in [0.3, 0.4) is 0 Å². The van der Waals surface area contributed by atoms with Crippen molar-refractivity contribution in [1.29, 1.82) is 0 Å². The van der Waals surface area contributed by atoms with E-state index in [1.165, 1.54) is 29.4 Å². The third-order valence-corrected chi connectivity index (χ3v) is 5.66. The van der Waals surface area contributed by atoms with Crippen molar-refractivity contribution in [2.45, 2.75) is 11.3 Å². The molecule has 0 aliphatic heterocycles. The van der Waals surface area contributed by atoms with Crippen molar-refractivity contribution in [2.24, 2.45) is 0 Å². The zero-order valence-corrected chi connectivity index (χ0v) is 15.0. The summed E-state index contributed by atoms with van der Waals surface area (Å²) in [6.45, 7) is 0. The molecule has 1 atom stereocenters. The second-order valence-electron chi connectivity index (χ2n) is 4.54. The van der Waals surface area contributed by atoms with Crippen LogP contribution in [-0.2, 0) is 4.74 Å². The molecule has 8 heteroatoms. The summed E-state index contributed by atoms with van der Waals surface area (Å²) in [5.74, 6) is 0.206. The van der Waals surface area contributed by atoms with Crippen LogP contribution in [0.5, 0.6) is 0 Å². The van der Waals surface area contributed by atoms with Crippen molar-refractivity contribution in [1.82, 2.24) is 15.2 Å². The number of halogens is 1. The Kier molecular flexibility index (Phi) is 5.47. The van der Waals surface area contributed by atoms with Crippen LogP contribution in [0.1, 0.15) is 22.0 Å². The zero-order chi connectivity index (χ0) is 16.1. The van der Waals surface area contributed by atoms with Crippen LogP contribution in [0.4, 0.5) is 0 Å². The molecule has 0 fully saturated rings. The van der Waals surface area contributed by atoms with Gasteiger partial charge in [0, 0.05) is 21.0 Å². The van der Waals surface area contributed by atoms with E-state index in [1.807, 2.05) is 35.7 Å². The molecule has 0 saturated carbocycles. The topological polar surface area (TPSA) is 67.9 Å². The van der Waals surface area contributed by atoms with Crippen LogP contribution in [-0.4, -0.2) is 26.9 Å². The highest BCUT2D eigenvalue weighted by Crippen LogP contribution is 2.28. The highest BCUT2D eigenvalue weighted by molar-refractivity contribution is 9.10. The lowest BCUT2D eigenvalue weighted by Crippen LogP contribution is -2.13. The third-order valence-electron chi connectivity index (χ3n) is 3.02. The van der Waals surface area contributed by atoms with Crippen LogP contribution in [0, 0.1) is 0 Å². The SMILES string of the molecule is O=C(OC(CSc1ncn[nH]1)c1ccccc1)c1cscc1Br. The second kappa shape index (κ2) is 7.76. The molecule has 3 aromatic rings. The Morgan fingerprint density at radius 2 is 2.17 bits per heavy atom. The number of nitrogens with zero attached hydrogens (tertiary/aromatic N) is 2. The molecule has 1 aromatic carbocycles. The van der Waals surface area contributed by atoms with Gasteiger partial charge in [-0.05, 0) is 21.5 Å². The van der Waals surface area contributed by atoms with Gasteiger partial charge in [0.1, 0.15) is 12.4 Å². The molecule has 0 amide bonds. The summed E-state index contributed by atoms with van der Waals surface area (Å²) in [5.41, 5.74) is 1.49. The number of thiophene rings is 1. The minimum absolute atomic E-state index is 0.342. The molecule has 23 heavy (non-hydrogen) atoms. The maximum atomic E-state index is 12.4. The summed E-state index contributed by atoms with van der Waals surface area (Å²) in [5, 5.41) is 10.9. The number of benzene rings is 1. The minimum Gasteiger partial charge on any atom is -0.453 e. The number of hydrogen-bond acceptors (Lipinski definition) is 6. The Bertz CT molecular complexity index is 762. The molecular formula is C15H12BrN3O2S2. The van der Waals surface area contributed by atoms with Gasteiger partial charge in [0.05, 0.1) is 5.56 Å². The van der Waals surface area contributed by atoms with Gasteiger partial charge in [-0.1, -0.05) is 42.1 Å². The van der Waals surface area contributed by atoms with Crippen LogP contribution in [0.25, 0.3) is 0 Å². The van der Waals surface area contributed by atoms with E-state index in [9.17, 15) is 4.79 Å². The summed E-state index contributed by atoms with van der Waals surface area (Å²) in [4.78, 5) is 16.5. The van der Waals surface area contributed by atoms with Gasteiger partial charge in [0.2, 0.25) is 0 Å². The van der Waals surface area contributed by atoms with E-state index in [4.69, 9.17) is 4.74 Å². The van der Waals surface area contributed by atoms with Crippen molar-refractivity contribution in [3.8, 4) is 0 Å². The number of thioether (sulfide) groups is 1. The van der Waals surface area contributed by atoms with Gasteiger partial charge in [-0.2, -0.15) is 16.4 Å². The molecule has 118 valence electrons. The Balaban J connectivity index is 1.75. The van der Waals surface area contributed by atoms with Crippen LogP contribution in [0.15, 0.2) is 57.0 Å². The molecule has 1 N–H and O–H groups in total. The smallest absolute Gasteiger partial charge is 0.340 e. The number of esters is 1. The monoisotopic (exact) mass is 409 g/mol. The van der Waals surface area contributed by atoms with Crippen LogP contribution in [0.2, 0.25) is 0 Å². The van der Waals surface area contributed by atoms with E-state index >= 15 is 0 Å². The number of aromatic amines is 1. The maximum absolute atomic E-state index is 12.4. The van der Waals surface area contributed by atoms with Gasteiger partial charge in [0.15, 0.2) is 5.16 Å². The number of carbonyl (C=O) groups is 1. The quantitative estimate of drug-likeness (QED) is 0.484.